The highest BCUT2D eigenvalue weighted by Gasteiger charge is 2.41. The van der Waals surface area contributed by atoms with Gasteiger partial charge in [-0.2, -0.15) is 0 Å². The molecule has 0 aromatic carbocycles. The molecule has 236 valence electrons. The third-order valence-corrected chi connectivity index (χ3v) is 6.13. The topological polar surface area (TPSA) is 301 Å². The van der Waals surface area contributed by atoms with Gasteiger partial charge in [-0.05, 0) is 18.8 Å². The molecule has 1 heterocycles. The molecule has 5 atom stereocenters. The number of hydrogen-bond acceptors (Lipinski definition) is 10. The Labute approximate surface area is 240 Å². The quantitative estimate of drug-likeness (QED) is 0.0760. The van der Waals surface area contributed by atoms with E-state index in [1.165, 1.54) is 0 Å². The molecular formula is C24H39N7O11. The van der Waals surface area contributed by atoms with Crippen LogP contribution in [0.25, 0.3) is 0 Å². The Morgan fingerprint density at radius 2 is 1.55 bits per heavy atom. The number of nitrogens with zero attached hydrogens (tertiary/aromatic N) is 1. The van der Waals surface area contributed by atoms with E-state index < -0.39 is 103 Å². The van der Waals surface area contributed by atoms with Crippen LogP contribution in [0.5, 0.6) is 0 Å². The fourth-order valence-electron chi connectivity index (χ4n) is 4.19. The Hall–Kier alpha value is -4.32. The molecule has 0 aromatic rings. The molecule has 0 radical (unpaired) electrons. The van der Waals surface area contributed by atoms with Gasteiger partial charge in [0, 0.05) is 19.4 Å². The van der Waals surface area contributed by atoms with Crippen molar-refractivity contribution in [2.24, 2.45) is 17.4 Å². The molecule has 6 amide bonds. The van der Waals surface area contributed by atoms with Crippen molar-refractivity contribution in [2.45, 2.75) is 76.2 Å². The number of nitrogens with two attached hydrogens (primary N) is 2. The van der Waals surface area contributed by atoms with Gasteiger partial charge >= 0.3 is 11.9 Å². The standard InChI is InChI=1S/C24H39N7O11/c1-11(2)5-14(29-18(34)8-25)23(40)31-10-12(32)6-16(31)22(39)27-9-19(35)28-13(3-4-20(36)37)21(38)30-15(24(41)42)7-17(26)33/h11-16,32H,3-10,25H2,1-2H3,(H2,26,33)(H,27,39)(H,28,35)(H,29,34)(H,30,38)(H,36,37)(H,41,42)/t12-,13+,14+,15+,16+/m1/s1. The second-order valence-corrected chi connectivity index (χ2v) is 10.2. The normalized spacial score (nSPS) is 18.4. The van der Waals surface area contributed by atoms with Gasteiger partial charge < -0.3 is 53.0 Å². The number of carboxylic acids is 2. The van der Waals surface area contributed by atoms with E-state index >= 15 is 0 Å². The van der Waals surface area contributed by atoms with E-state index in [1.54, 1.807) is 0 Å². The number of carbonyl (C=O) groups excluding carboxylic acids is 6. The van der Waals surface area contributed by atoms with Crippen molar-refractivity contribution in [3.05, 3.63) is 0 Å². The number of β-amino-alcohol motifs (C(OH)–C–C–N with tert-alkyl or cyclic N) is 1. The van der Waals surface area contributed by atoms with E-state index in [1.807, 2.05) is 19.2 Å². The molecule has 1 saturated heterocycles. The van der Waals surface area contributed by atoms with Crippen LogP contribution in [0, 0.1) is 5.92 Å². The van der Waals surface area contributed by atoms with Crippen molar-refractivity contribution in [3.63, 3.8) is 0 Å². The highest BCUT2D eigenvalue weighted by Crippen LogP contribution is 2.21. The van der Waals surface area contributed by atoms with Crippen molar-refractivity contribution in [3.8, 4) is 0 Å². The number of aliphatic hydroxyl groups is 1. The van der Waals surface area contributed by atoms with E-state index in [0.29, 0.717) is 0 Å². The maximum atomic E-state index is 13.2. The van der Waals surface area contributed by atoms with Crippen molar-refractivity contribution in [1.82, 2.24) is 26.2 Å². The molecular weight excluding hydrogens is 562 g/mol. The first-order valence-electron chi connectivity index (χ1n) is 13.1. The lowest BCUT2D eigenvalue weighted by Crippen LogP contribution is -2.56. The van der Waals surface area contributed by atoms with Gasteiger partial charge in [0.25, 0.3) is 0 Å². The van der Waals surface area contributed by atoms with Gasteiger partial charge in [0.2, 0.25) is 35.4 Å². The lowest BCUT2D eigenvalue weighted by atomic mass is 10.0. The third-order valence-electron chi connectivity index (χ3n) is 6.13. The number of hydrogen-bond donors (Lipinski definition) is 9. The van der Waals surface area contributed by atoms with Gasteiger partial charge in [-0.15, -0.1) is 0 Å². The van der Waals surface area contributed by atoms with E-state index in [0.717, 1.165) is 4.90 Å². The highest BCUT2D eigenvalue weighted by molar-refractivity contribution is 5.96. The van der Waals surface area contributed by atoms with Crippen LogP contribution in [-0.2, 0) is 38.4 Å². The predicted molar refractivity (Wildman–Crippen MR) is 142 cm³/mol. The maximum absolute atomic E-state index is 13.2. The number of rotatable bonds is 17. The SMILES string of the molecule is CC(C)C[C@H](NC(=O)CN)C(=O)N1C[C@H](O)C[C@H]1C(=O)NCC(=O)N[C@@H](CCC(=O)O)C(=O)N[C@@H](CC(N)=O)C(=O)O. The van der Waals surface area contributed by atoms with E-state index in [-0.39, 0.29) is 31.8 Å². The van der Waals surface area contributed by atoms with Gasteiger partial charge in [-0.25, -0.2) is 4.79 Å². The van der Waals surface area contributed by atoms with E-state index in [4.69, 9.17) is 16.6 Å². The Bertz CT molecular complexity index is 1050. The summed E-state index contributed by atoms with van der Waals surface area (Å²) in [6, 6.07) is -5.48. The lowest BCUT2D eigenvalue weighted by Gasteiger charge is -2.29. The van der Waals surface area contributed by atoms with Crippen LogP contribution in [0.1, 0.15) is 46.0 Å². The first kappa shape index (κ1) is 35.7. The van der Waals surface area contributed by atoms with Gasteiger partial charge in [0.05, 0.1) is 25.6 Å². The second-order valence-electron chi connectivity index (χ2n) is 10.2. The first-order chi connectivity index (χ1) is 19.5. The summed E-state index contributed by atoms with van der Waals surface area (Å²) in [7, 11) is 0. The molecule has 18 nitrogen and oxygen atoms in total. The Morgan fingerprint density at radius 3 is 2.07 bits per heavy atom. The number of nitrogens with one attached hydrogen (secondary N) is 4. The summed E-state index contributed by atoms with van der Waals surface area (Å²) in [5.74, 6) is -8.04. The Balaban J connectivity index is 2.93. The van der Waals surface area contributed by atoms with Gasteiger partial charge in [0.15, 0.2) is 0 Å². The molecule has 0 saturated carbocycles. The summed E-state index contributed by atoms with van der Waals surface area (Å²) in [6.45, 7) is 2.34. The smallest absolute Gasteiger partial charge is 0.326 e. The number of carboxylic acid groups (broad SMARTS) is 2. The van der Waals surface area contributed by atoms with Crippen LogP contribution < -0.4 is 32.7 Å². The summed E-state index contributed by atoms with van der Waals surface area (Å²) < 4.78 is 0. The predicted octanol–water partition coefficient (Wildman–Crippen LogP) is -4.65. The average Bonchev–Trinajstić information content (AvgIpc) is 3.29. The monoisotopic (exact) mass is 601 g/mol. The molecule has 1 aliphatic rings. The molecule has 0 spiro atoms. The van der Waals surface area contributed by atoms with Crippen molar-refractivity contribution in [2.75, 3.05) is 19.6 Å². The summed E-state index contributed by atoms with van der Waals surface area (Å²) in [5, 5.41) is 37.3. The van der Waals surface area contributed by atoms with Gasteiger partial charge in [0.1, 0.15) is 24.2 Å². The van der Waals surface area contributed by atoms with Crippen molar-refractivity contribution >= 4 is 47.4 Å². The molecule has 42 heavy (non-hydrogen) atoms. The fraction of sp³-hybridized carbons (Fsp3) is 0.667. The molecule has 1 rings (SSSR count). The summed E-state index contributed by atoms with van der Waals surface area (Å²) >= 11 is 0. The van der Waals surface area contributed by atoms with Crippen LogP contribution >= 0.6 is 0 Å². The third kappa shape index (κ3) is 12.0. The van der Waals surface area contributed by atoms with Gasteiger partial charge in [-0.1, -0.05) is 13.8 Å². The summed E-state index contributed by atoms with van der Waals surface area (Å²) in [6.07, 6.45) is -2.78. The number of aliphatic carboxylic acids is 2. The van der Waals surface area contributed by atoms with Gasteiger partial charge in [-0.3, -0.25) is 33.6 Å². The highest BCUT2D eigenvalue weighted by atomic mass is 16.4. The molecule has 11 N–H and O–H groups in total. The zero-order chi connectivity index (χ0) is 32.1. The Morgan fingerprint density at radius 1 is 0.929 bits per heavy atom. The Kier molecular flexibility index (Phi) is 14.3. The number of primary amides is 1. The lowest BCUT2D eigenvalue weighted by molar-refractivity contribution is -0.144. The van der Waals surface area contributed by atoms with E-state index in [2.05, 4.69) is 16.0 Å². The number of aliphatic hydroxyl groups excluding tert-OH is 1. The molecule has 0 aromatic heterocycles. The average molecular weight is 602 g/mol. The minimum atomic E-state index is -1.73. The van der Waals surface area contributed by atoms with Crippen LogP contribution in [0.2, 0.25) is 0 Å². The molecule has 1 aliphatic heterocycles. The number of amides is 6. The maximum Gasteiger partial charge on any atom is 0.326 e. The minimum Gasteiger partial charge on any atom is -0.481 e. The second kappa shape index (κ2) is 16.8. The molecule has 18 heteroatoms. The zero-order valence-electron chi connectivity index (χ0n) is 23.3. The zero-order valence-corrected chi connectivity index (χ0v) is 23.3. The van der Waals surface area contributed by atoms with Crippen molar-refractivity contribution in [1.29, 1.82) is 0 Å². The number of likely N-dealkylation sites (tertiary alicyclic amines) is 1. The minimum absolute atomic E-state index is 0.0200. The fourth-order valence-corrected chi connectivity index (χ4v) is 4.19. The van der Waals surface area contributed by atoms with E-state index in [9.17, 15) is 48.6 Å². The van der Waals surface area contributed by atoms with Crippen molar-refractivity contribution < 1.29 is 53.7 Å². The van der Waals surface area contributed by atoms with Crippen LogP contribution in [0.15, 0.2) is 0 Å². The van der Waals surface area contributed by atoms with Crippen LogP contribution in [0.3, 0.4) is 0 Å². The van der Waals surface area contributed by atoms with Crippen LogP contribution in [-0.4, -0.2) is 118 Å². The molecule has 0 unspecified atom stereocenters. The summed E-state index contributed by atoms with van der Waals surface area (Å²) in [5.41, 5.74) is 10.3. The molecule has 0 aliphatic carbocycles. The number of carbonyl (C=O) groups is 8. The molecule has 0 bridgehead atoms. The first-order valence-corrected chi connectivity index (χ1v) is 13.1. The summed E-state index contributed by atoms with van der Waals surface area (Å²) in [4.78, 5) is 97.7. The van der Waals surface area contributed by atoms with Crippen LogP contribution in [0.4, 0.5) is 0 Å². The molecule has 1 fully saturated rings. The largest absolute Gasteiger partial charge is 0.481 e.